The second-order valence-electron chi connectivity index (χ2n) is 6.86. The number of anilines is 1. The van der Waals surface area contributed by atoms with Gasteiger partial charge >= 0.3 is 0 Å². The Balaban J connectivity index is 1.26. The molecule has 1 aliphatic heterocycles. The van der Waals surface area contributed by atoms with Crippen LogP contribution in [0.15, 0.2) is 24.8 Å². The second kappa shape index (κ2) is 7.31. The first-order valence-electron chi connectivity index (χ1n) is 8.96. The first-order valence-corrected chi connectivity index (χ1v) is 8.96. The lowest BCUT2D eigenvalue weighted by molar-refractivity contribution is 0.210. The number of ether oxygens (including phenoxy) is 1. The van der Waals surface area contributed by atoms with Crippen molar-refractivity contribution in [3.63, 3.8) is 0 Å². The quantitative estimate of drug-likeness (QED) is 0.864. The minimum absolute atomic E-state index is 0.435. The van der Waals surface area contributed by atoms with E-state index in [1.807, 2.05) is 18.5 Å². The number of nitrogens with zero attached hydrogens (tertiary/aromatic N) is 5. The third kappa shape index (κ3) is 4.22. The first kappa shape index (κ1) is 16.2. The number of aromatic nitrogens is 4. The van der Waals surface area contributed by atoms with Crippen molar-refractivity contribution in [3.05, 3.63) is 36.2 Å². The molecule has 0 atom stereocenters. The van der Waals surface area contributed by atoms with Crippen molar-refractivity contribution in [2.24, 2.45) is 0 Å². The van der Waals surface area contributed by atoms with Crippen molar-refractivity contribution in [3.8, 4) is 5.88 Å². The molecule has 4 rings (SSSR count). The van der Waals surface area contributed by atoms with Gasteiger partial charge in [0.1, 0.15) is 18.0 Å². The number of rotatable bonds is 6. The van der Waals surface area contributed by atoms with Gasteiger partial charge in [0.05, 0.1) is 7.11 Å². The van der Waals surface area contributed by atoms with Crippen LogP contribution in [-0.4, -0.2) is 51.1 Å². The van der Waals surface area contributed by atoms with Crippen LogP contribution in [0.1, 0.15) is 43.0 Å². The highest BCUT2D eigenvalue weighted by molar-refractivity contribution is 5.38. The zero-order valence-electron chi connectivity index (χ0n) is 14.6. The molecule has 0 unspecified atom stereocenters. The van der Waals surface area contributed by atoms with E-state index in [2.05, 4.69) is 30.2 Å². The monoisotopic (exact) mass is 340 g/mol. The van der Waals surface area contributed by atoms with E-state index >= 15 is 0 Å². The van der Waals surface area contributed by atoms with Gasteiger partial charge in [-0.05, 0) is 25.7 Å². The first-order chi connectivity index (χ1) is 12.3. The molecule has 132 valence electrons. The van der Waals surface area contributed by atoms with Crippen molar-refractivity contribution < 1.29 is 4.74 Å². The summed E-state index contributed by atoms with van der Waals surface area (Å²) in [6, 6.07) is 2.27. The molecule has 0 amide bonds. The van der Waals surface area contributed by atoms with E-state index in [0.29, 0.717) is 17.8 Å². The number of likely N-dealkylation sites (tertiary alicyclic amines) is 1. The van der Waals surface area contributed by atoms with Crippen LogP contribution in [0.3, 0.4) is 0 Å². The van der Waals surface area contributed by atoms with E-state index in [1.54, 1.807) is 7.11 Å². The van der Waals surface area contributed by atoms with Crippen LogP contribution >= 0.6 is 0 Å². The highest BCUT2D eigenvalue weighted by Crippen LogP contribution is 2.37. The van der Waals surface area contributed by atoms with Crippen LogP contribution in [0.4, 0.5) is 5.82 Å². The second-order valence-corrected chi connectivity index (χ2v) is 6.86. The number of hydrogen-bond acceptors (Lipinski definition) is 7. The SMILES string of the molecule is COc1cc(NC2CCN(Cc3cnc(C4CC4)nc3)CC2)ncn1. The van der Waals surface area contributed by atoms with E-state index in [1.165, 1.54) is 24.7 Å². The molecule has 25 heavy (non-hydrogen) atoms. The molecule has 0 bridgehead atoms. The Morgan fingerprint density at radius 1 is 1.08 bits per heavy atom. The van der Waals surface area contributed by atoms with Crippen molar-refractivity contribution >= 4 is 5.82 Å². The van der Waals surface area contributed by atoms with Gasteiger partial charge in [0.2, 0.25) is 5.88 Å². The highest BCUT2D eigenvalue weighted by atomic mass is 16.5. The molecule has 2 aliphatic rings. The molecule has 2 aromatic rings. The zero-order valence-corrected chi connectivity index (χ0v) is 14.6. The summed E-state index contributed by atoms with van der Waals surface area (Å²) >= 11 is 0. The number of methoxy groups -OCH3 is 1. The Morgan fingerprint density at radius 2 is 1.84 bits per heavy atom. The Bertz CT molecular complexity index is 695. The topological polar surface area (TPSA) is 76.1 Å². The van der Waals surface area contributed by atoms with Crippen LogP contribution in [0.25, 0.3) is 0 Å². The molecule has 7 heteroatoms. The Kier molecular flexibility index (Phi) is 4.74. The lowest BCUT2D eigenvalue weighted by Gasteiger charge is -2.32. The Hall–Kier alpha value is -2.28. The number of hydrogen-bond donors (Lipinski definition) is 1. The molecule has 3 heterocycles. The van der Waals surface area contributed by atoms with Crippen molar-refractivity contribution in [2.45, 2.75) is 44.2 Å². The lowest BCUT2D eigenvalue weighted by Crippen LogP contribution is -2.38. The fraction of sp³-hybridized carbons (Fsp3) is 0.556. The van der Waals surface area contributed by atoms with Gasteiger partial charge in [-0.1, -0.05) is 0 Å². The van der Waals surface area contributed by atoms with Crippen LogP contribution in [0.2, 0.25) is 0 Å². The fourth-order valence-corrected chi connectivity index (χ4v) is 3.23. The summed E-state index contributed by atoms with van der Waals surface area (Å²) in [5.74, 6) is 3.06. The van der Waals surface area contributed by atoms with Gasteiger partial charge in [0.25, 0.3) is 0 Å². The van der Waals surface area contributed by atoms with Crippen molar-refractivity contribution in [1.29, 1.82) is 0 Å². The van der Waals surface area contributed by atoms with Crippen molar-refractivity contribution in [2.75, 3.05) is 25.5 Å². The average molecular weight is 340 g/mol. The molecule has 0 radical (unpaired) electrons. The minimum Gasteiger partial charge on any atom is -0.481 e. The summed E-state index contributed by atoms with van der Waals surface area (Å²) in [6.07, 6.45) is 10.2. The number of nitrogens with one attached hydrogen (secondary N) is 1. The van der Waals surface area contributed by atoms with Crippen LogP contribution in [-0.2, 0) is 6.54 Å². The maximum absolute atomic E-state index is 5.14. The minimum atomic E-state index is 0.435. The molecule has 2 aromatic heterocycles. The third-order valence-electron chi connectivity index (χ3n) is 4.86. The largest absolute Gasteiger partial charge is 0.481 e. The van der Waals surface area contributed by atoms with Gasteiger partial charge in [0, 0.05) is 55.6 Å². The van der Waals surface area contributed by atoms with E-state index in [9.17, 15) is 0 Å². The summed E-state index contributed by atoms with van der Waals surface area (Å²) in [6.45, 7) is 3.05. The molecule has 1 saturated heterocycles. The molecule has 2 fully saturated rings. The van der Waals surface area contributed by atoms with E-state index in [0.717, 1.165) is 44.1 Å². The molecular formula is C18H24N6O. The van der Waals surface area contributed by atoms with Crippen LogP contribution in [0.5, 0.6) is 5.88 Å². The predicted molar refractivity (Wildman–Crippen MR) is 94.5 cm³/mol. The van der Waals surface area contributed by atoms with Gasteiger partial charge in [-0.25, -0.2) is 19.9 Å². The van der Waals surface area contributed by atoms with E-state index < -0.39 is 0 Å². The third-order valence-corrected chi connectivity index (χ3v) is 4.86. The normalized spacial score (nSPS) is 18.9. The van der Waals surface area contributed by atoms with Crippen LogP contribution in [0, 0.1) is 0 Å². The predicted octanol–water partition coefficient (Wildman–Crippen LogP) is 2.23. The van der Waals surface area contributed by atoms with E-state index in [4.69, 9.17) is 4.74 Å². The maximum atomic E-state index is 5.14. The lowest BCUT2D eigenvalue weighted by atomic mass is 10.0. The Labute approximate surface area is 147 Å². The summed E-state index contributed by atoms with van der Waals surface area (Å²) in [7, 11) is 1.62. The molecule has 1 N–H and O–H groups in total. The summed E-state index contributed by atoms with van der Waals surface area (Å²) < 4.78 is 5.14. The van der Waals surface area contributed by atoms with Gasteiger partial charge in [0.15, 0.2) is 0 Å². The molecular weight excluding hydrogens is 316 g/mol. The number of piperidine rings is 1. The van der Waals surface area contributed by atoms with Gasteiger partial charge in [-0.15, -0.1) is 0 Å². The molecule has 1 saturated carbocycles. The summed E-state index contributed by atoms with van der Waals surface area (Å²) in [4.78, 5) is 19.8. The maximum Gasteiger partial charge on any atom is 0.218 e. The molecule has 1 aliphatic carbocycles. The highest BCUT2D eigenvalue weighted by Gasteiger charge is 2.26. The molecule has 7 nitrogen and oxygen atoms in total. The summed E-state index contributed by atoms with van der Waals surface area (Å²) in [5.41, 5.74) is 1.20. The molecule has 0 spiro atoms. The Morgan fingerprint density at radius 3 is 2.52 bits per heavy atom. The standard InChI is InChI=1S/C18H24N6O/c1-25-17-8-16(21-12-22-17)23-15-4-6-24(7-5-15)11-13-9-19-18(20-10-13)14-2-3-14/h8-10,12,14-15H,2-7,11H2,1H3,(H,21,22,23). The van der Waals surface area contributed by atoms with Gasteiger partial charge in [-0.2, -0.15) is 0 Å². The van der Waals surface area contributed by atoms with E-state index in [-0.39, 0.29) is 0 Å². The summed E-state index contributed by atoms with van der Waals surface area (Å²) in [5, 5.41) is 3.48. The zero-order chi connectivity index (χ0) is 17.1. The fourth-order valence-electron chi connectivity index (χ4n) is 3.23. The van der Waals surface area contributed by atoms with Crippen molar-refractivity contribution in [1.82, 2.24) is 24.8 Å². The van der Waals surface area contributed by atoms with Gasteiger partial charge < -0.3 is 10.1 Å². The average Bonchev–Trinajstić information content (AvgIpc) is 3.49. The van der Waals surface area contributed by atoms with Crippen LogP contribution < -0.4 is 10.1 Å². The molecule has 0 aromatic carbocycles. The van der Waals surface area contributed by atoms with Gasteiger partial charge in [-0.3, -0.25) is 4.90 Å². The smallest absolute Gasteiger partial charge is 0.218 e.